The zero-order valence-corrected chi connectivity index (χ0v) is 14.8. The number of hydrogen-bond donors (Lipinski definition) is 4. The van der Waals surface area contributed by atoms with Gasteiger partial charge in [-0.2, -0.15) is 0 Å². The second-order valence-corrected chi connectivity index (χ2v) is 6.33. The minimum atomic E-state index is -1.21. The molecule has 2 aromatic rings. The van der Waals surface area contributed by atoms with Crippen molar-refractivity contribution in [3.05, 3.63) is 59.7 Å². The van der Waals surface area contributed by atoms with Crippen LogP contribution in [0.3, 0.4) is 0 Å². The normalized spacial score (nSPS) is 18.4. The third-order valence-corrected chi connectivity index (χ3v) is 4.19. The molecule has 1 aliphatic heterocycles. The predicted molar refractivity (Wildman–Crippen MR) is 99.2 cm³/mol. The molecule has 0 aromatic heterocycles. The number of amides is 5. The first-order valence-electron chi connectivity index (χ1n) is 8.21. The molecule has 1 aliphatic rings. The van der Waals surface area contributed by atoms with E-state index >= 15 is 0 Å². The van der Waals surface area contributed by atoms with E-state index in [0.717, 1.165) is 0 Å². The molecule has 3 rings (SSSR count). The zero-order valence-electron chi connectivity index (χ0n) is 14.8. The monoisotopic (exact) mass is 366 g/mol. The molecule has 4 N–H and O–H groups in total. The van der Waals surface area contributed by atoms with Crippen LogP contribution in [-0.4, -0.2) is 23.8 Å². The fourth-order valence-corrected chi connectivity index (χ4v) is 2.80. The first-order chi connectivity index (χ1) is 12.8. The van der Waals surface area contributed by atoms with Crippen molar-refractivity contribution in [2.45, 2.75) is 19.4 Å². The molecule has 8 heteroatoms. The minimum absolute atomic E-state index is 0.231. The van der Waals surface area contributed by atoms with E-state index in [0.29, 0.717) is 22.5 Å². The summed E-state index contributed by atoms with van der Waals surface area (Å²) in [7, 11) is 0. The minimum Gasteiger partial charge on any atom is -0.326 e. The first kappa shape index (κ1) is 18.1. The van der Waals surface area contributed by atoms with Crippen LogP contribution in [0.2, 0.25) is 0 Å². The third kappa shape index (κ3) is 3.79. The maximum absolute atomic E-state index is 12.5. The molecule has 1 saturated heterocycles. The molecule has 1 unspecified atom stereocenters. The lowest BCUT2D eigenvalue weighted by Gasteiger charge is -2.21. The topological polar surface area (TPSA) is 116 Å². The van der Waals surface area contributed by atoms with Gasteiger partial charge in [-0.15, -0.1) is 0 Å². The number of rotatable bonds is 4. The highest BCUT2D eigenvalue weighted by Crippen LogP contribution is 2.26. The lowest BCUT2D eigenvalue weighted by atomic mass is 9.92. The van der Waals surface area contributed by atoms with Crippen LogP contribution in [0.4, 0.5) is 16.2 Å². The zero-order chi connectivity index (χ0) is 19.6. The van der Waals surface area contributed by atoms with Crippen molar-refractivity contribution < 1.29 is 19.2 Å². The number of anilines is 2. The highest BCUT2D eigenvalue weighted by molar-refractivity contribution is 6.08. The molecular weight excluding hydrogens is 348 g/mol. The van der Waals surface area contributed by atoms with Crippen LogP contribution in [0.1, 0.15) is 29.8 Å². The summed E-state index contributed by atoms with van der Waals surface area (Å²) in [6.45, 7) is 2.97. The van der Waals surface area contributed by atoms with E-state index in [9.17, 15) is 19.2 Å². The van der Waals surface area contributed by atoms with Crippen molar-refractivity contribution in [1.82, 2.24) is 10.6 Å². The highest BCUT2D eigenvalue weighted by Gasteiger charge is 2.43. The van der Waals surface area contributed by atoms with Crippen LogP contribution in [-0.2, 0) is 15.1 Å². The molecule has 0 aliphatic carbocycles. The largest absolute Gasteiger partial charge is 0.326 e. The lowest BCUT2D eigenvalue weighted by Crippen LogP contribution is -2.40. The molecule has 1 fully saturated rings. The molecule has 0 saturated carbocycles. The fourth-order valence-electron chi connectivity index (χ4n) is 2.80. The number of benzene rings is 2. The van der Waals surface area contributed by atoms with Gasteiger partial charge in [-0.1, -0.05) is 18.2 Å². The summed E-state index contributed by atoms with van der Waals surface area (Å²) in [6, 6.07) is 12.6. The Hall–Kier alpha value is -3.68. The Balaban J connectivity index is 1.81. The van der Waals surface area contributed by atoms with Crippen LogP contribution in [0, 0.1) is 0 Å². The van der Waals surface area contributed by atoms with Gasteiger partial charge in [-0.05, 0) is 42.8 Å². The van der Waals surface area contributed by atoms with Gasteiger partial charge in [0.05, 0.1) is 0 Å². The summed E-state index contributed by atoms with van der Waals surface area (Å²) in [5, 5.41) is 10.2. The number of carbonyl (C=O) groups excluding carboxylic acids is 4. The maximum Gasteiger partial charge on any atom is 0.322 e. The molecular formula is C19H18N4O4. The number of hydrogen-bond acceptors (Lipinski definition) is 4. The molecule has 0 spiro atoms. The van der Waals surface area contributed by atoms with Gasteiger partial charge < -0.3 is 16.0 Å². The van der Waals surface area contributed by atoms with Gasteiger partial charge in [0.1, 0.15) is 5.54 Å². The van der Waals surface area contributed by atoms with Crippen molar-refractivity contribution in [3.8, 4) is 0 Å². The van der Waals surface area contributed by atoms with Gasteiger partial charge in [0.2, 0.25) is 5.91 Å². The van der Waals surface area contributed by atoms with Crippen LogP contribution in [0.15, 0.2) is 48.5 Å². The van der Waals surface area contributed by atoms with E-state index in [1.54, 1.807) is 55.5 Å². The lowest BCUT2D eigenvalue weighted by molar-refractivity contribution is -0.123. The van der Waals surface area contributed by atoms with E-state index in [1.165, 1.54) is 6.92 Å². The Morgan fingerprint density at radius 2 is 1.63 bits per heavy atom. The molecule has 138 valence electrons. The molecule has 2 aromatic carbocycles. The SMILES string of the molecule is CC(=O)Nc1cccc(C(=O)Nc2cccc(C3(C)NC(=O)NC3=O)c2)c1. The summed E-state index contributed by atoms with van der Waals surface area (Å²) in [6.07, 6.45) is 0. The van der Waals surface area contributed by atoms with Gasteiger partial charge in [-0.3, -0.25) is 19.7 Å². The van der Waals surface area contributed by atoms with E-state index in [2.05, 4.69) is 21.3 Å². The molecule has 27 heavy (non-hydrogen) atoms. The van der Waals surface area contributed by atoms with Crippen LogP contribution < -0.4 is 21.3 Å². The van der Waals surface area contributed by atoms with Gasteiger partial charge >= 0.3 is 6.03 Å². The Bertz CT molecular complexity index is 956. The molecule has 1 atom stereocenters. The summed E-state index contributed by atoms with van der Waals surface area (Å²) in [5.41, 5.74) is 0.683. The van der Waals surface area contributed by atoms with Crippen LogP contribution in [0.25, 0.3) is 0 Å². The standard InChI is InChI=1S/C19H18N4O4/c1-11(24)20-14-7-3-5-12(9-14)16(25)21-15-8-4-6-13(10-15)19(2)17(26)22-18(27)23-19/h3-10H,1-2H3,(H,20,24)(H,21,25)(H2,22,23,26,27). The number of urea groups is 1. The summed E-state index contributed by atoms with van der Waals surface area (Å²) in [4.78, 5) is 47.2. The Morgan fingerprint density at radius 3 is 2.26 bits per heavy atom. The Morgan fingerprint density at radius 1 is 0.963 bits per heavy atom. The van der Waals surface area contributed by atoms with Crippen molar-refractivity contribution >= 4 is 35.1 Å². The molecule has 0 bridgehead atoms. The van der Waals surface area contributed by atoms with E-state index in [1.807, 2.05) is 0 Å². The van der Waals surface area contributed by atoms with E-state index < -0.39 is 17.5 Å². The second kappa shape index (κ2) is 6.91. The van der Waals surface area contributed by atoms with Crippen LogP contribution >= 0.6 is 0 Å². The van der Waals surface area contributed by atoms with Crippen molar-refractivity contribution in [1.29, 1.82) is 0 Å². The number of nitrogens with one attached hydrogen (secondary N) is 4. The number of carbonyl (C=O) groups is 4. The van der Waals surface area contributed by atoms with Crippen molar-refractivity contribution in [2.75, 3.05) is 10.6 Å². The van der Waals surface area contributed by atoms with Crippen molar-refractivity contribution in [2.24, 2.45) is 0 Å². The van der Waals surface area contributed by atoms with Gasteiger partial charge in [0, 0.05) is 23.9 Å². The van der Waals surface area contributed by atoms with E-state index in [-0.39, 0.29) is 11.8 Å². The fraction of sp³-hybridized carbons (Fsp3) is 0.158. The van der Waals surface area contributed by atoms with Gasteiger partial charge in [-0.25, -0.2) is 4.79 Å². The average molecular weight is 366 g/mol. The molecule has 0 radical (unpaired) electrons. The second-order valence-electron chi connectivity index (χ2n) is 6.33. The maximum atomic E-state index is 12.5. The predicted octanol–water partition coefficient (Wildman–Crippen LogP) is 1.95. The molecule has 8 nitrogen and oxygen atoms in total. The van der Waals surface area contributed by atoms with Crippen LogP contribution in [0.5, 0.6) is 0 Å². The molecule has 1 heterocycles. The highest BCUT2D eigenvalue weighted by atomic mass is 16.2. The van der Waals surface area contributed by atoms with E-state index in [4.69, 9.17) is 0 Å². The average Bonchev–Trinajstić information content (AvgIpc) is 2.88. The van der Waals surface area contributed by atoms with Gasteiger partial charge in [0.25, 0.3) is 11.8 Å². The summed E-state index contributed by atoms with van der Waals surface area (Å²) in [5.74, 6) is -1.06. The Labute approximate surface area is 155 Å². The third-order valence-electron chi connectivity index (χ3n) is 4.19. The summed E-state index contributed by atoms with van der Waals surface area (Å²) < 4.78 is 0. The first-order valence-corrected chi connectivity index (χ1v) is 8.21. The smallest absolute Gasteiger partial charge is 0.322 e. The van der Waals surface area contributed by atoms with Gasteiger partial charge in [0.15, 0.2) is 0 Å². The van der Waals surface area contributed by atoms with Crippen molar-refractivity contribution in [3.63, 3.8) is 0 Å². The number of imide groups is 1. The summed E-state index contributed by atoms with van der Waals surface area (Å²) >= 11 is 0. The quantitative estimate of drug-likeness (QED) is 0.619. The Kier molecular flexibility index (Phi) is 4.64. The molecule has 5 amide bonds.